The molecule has 0 heterocycles. The molecule has 0 radical (unpaired) electrons. The maximum Gasteiger partial charge on any atom is 0.0585 e. The van der Waals surface area contributed by atoms with Crippen LogP contribution >= 0.6 is 0 Å². The van der Waals surface area contributed by atoms with Gasteiger partial charge in [-0.1, -0.05) is 150 Å². The molecule has 0 amide bonds. The van der Waals surface area contributed by atoms with Gasteiger partial charge in [0.2, 0.25) is 0 Å². The lowest BCUT2D eigenvalue weighted by Crippen LogP contribution is -2.28. The second-order valence-corrected chi connectivity index (χ2v) is 12.4. The van der Waals surface area contributed by atoms with Crippen LogP contribution in [-0.2, 0) is 0 Å². The molecule has 1 atom stereocenters. The molecule has 0 aromatic carbocycles. The number of aliphatic hydroxyl groups excluding tert-OH is 1. The Morgan fingerprint density at radius 3 is 1.66 bits per heavy atom. The molecule has 0 bridgehead atoms. The standard InChI is InChI=1S/C40H56O/c1-31(2)17-13-20-34(5)23-15-25-35(6)24-14-21-32(3)18-11-12-19-33(4)22-16-26-36(7)27-28-39-37(8)29-38(41)30-40(39,9)10/h11-12,14-19,21-28,38,41H,13,20,29-30H2,1-10H3/b12-11+,21-14+,22-16+,25-15+,28-27+,32-18+,33-19+,34-23-,35-24-,36-26+/t38-/m1/s1. The van der Waals surface area contributed by atoms with Crippen molar-refractivity contribution in [3.8, 4) is 0 Å². The van der Waals surface area contributed by atoms with Gasteiger partial charge in [-0.2, -0.15) is 0 Å². The van der Waals surface area contributed by atoms with Crippen molar-refractivity contribution in [1.29, 1.82) is 0 Å². The van der Waals surface area contributed by atoms with Gasteiger partial charge in [0.25, 0.3) is 0 Å². The Morgan fingerprint density at radius 2 is 1.17 bits per heavy atom. The van der Waals surface area contributed by atoms with Gasteiger partial charge in [0.05, 0.1) is 6.10 Å². The molecule has 1 heteroatoms. The van der Waals surface area contributed by atoms with E-state index in [1.54, 1.807) is 0 Å². The average molecular weight is 553 g/mol. The molecular weight excluding hydrogens is 496 g/mol. The fourth-order valence-electron chi connectivity index (χ4n) is 4.77. The summed E-state index contributed by atoms with van der Waals surface area (Å²) in [6.45, 7) is 21.6. The Kier molecular flexibility index (Phi) is 16.7. The minimum Gasteiger partial charge on any atom is -0.393 e. The zero-order valence-electron chi connectivity index (χ0n) is 27.6. The first-order valence-electron chi connectivity index (χ1n) is 15.1. The molecule has 1 rings (SSSR count). The molecule has 0 saturated heterocycles. The van der Waals surface area contributed by atoms with E-state index < -0.39 is 0 Å². The summed E-state index contributed by atoms with van der Waals surface area (Å²) in [6, 6.07) is 0. The summed E-state index contributed by atoms with van der Waals surface area (Å²) >= 11 is 0. The highest BCUT2D eigenvalue weighted by Gasteiger charge is 2.31. The maximum absolute atomic E-state index is 10.1. The Bertz CT molecular complexity index is 1220. The third-order valence-corrected chi connectivity index (χ3v) is 7.09. The fourth-order valence-corrected chi connectivity index (χ4v) is 4.77. The van der Waals surface area contributed by atoms with Gasteiger partial charge in [0, 0.05) is 0 Å². The largest absolute Gasteiger partial charge is 0.393 e. The van der Waals surface area contributed by atoms with Gasteiger partial charge in [0.1, 0.15) is 0 Å². The SMILES string of the molecule is CC(C)=CCC\C(C)=C/C=C/C(C)=C\C=C\C(C)=C\C=C\C=C(C)\C=C\C=C(C)\C=C\C1=C(C)C[C@@H](O)CC1(C)C. The second kappa shape index (κ2) is 19.1. The van der Waals surface area contributed by atoms with Crippen LogP contribution < -0.4 is 0 Å². The van der Waals surface area contributed by atoms with Crippen LogP contribution in [0.25, 0.3) is 0 Å². The van der Waals surface area contributed by atoms with Crippen molar-refractivity contribution < 1.29 is 5.11 Å². The highest BCUT2D eigenvalue weighted by molar-refractivity contribution is 5.38. The van der Waals surface area contributed by atoms with Crippen LogP contribution in [0.4, 0.5) is 0 Å². The van der Waals surface area contributed by atoms with Crippen molar-refractivity contribution in [2.75, 3.05) is 0 Å². The van der Waals surface area contributed by atoms with E-state index in [1.807, 2.05) is 0 Å². The third-order valence-electron chi connectivity index (χ3n) is 7.09. The molecule has 0 aromatic heterocycles. The Morgan fingerprint density at radius 1 is 0.707 bits per heavy atom. The topological polar surface area (TPSA) is 20.2 Å². The molecule has 1 nitrogen and oxygen atoms in total. The van der Waals surface area contributed by atoms with Crippen LogP contribution in [0.5, 0.6) is 0 Å². The predicted molar refractivity (Wildman–Crippen MR) is 185 cm³/mol. The lowest BCUT2D eigenvalue weighted by Gasteiger charge is -2.35. The number of hydrogen-bond acceptors (Lipinski definition) is 1. The Balaban J connectivity index is 2.60. The van der Waals surface area contributed by atoms with Gasteiger partial charge in [0.15, 0.2) is 0 Å². The van der Waals surface area contributed by atoms with Gasteiger partial charge in [-0.05, 0) is 92.1 Å². The molecule has 1 N–H and O–H groups in total. The van der Waals surface area contributed by atoms with E-state index in [0.717, 1.165) is 25.7 Å². The van der Waals surface area contributed by atoms with Gasteiger partial charge in [-0.25, -0.2) is 0 Å². The van der Waals surface area contributed by atoms with Gasteiger partial charge in [-0.15, -0.1) is 0 Å². The number of allylic oxidation sites excluding steroid dienone is 23. The molecule has 0 saturated carbocycles. The van der Waals surface area contributed by atoms with Crippen molar-refractivity contribution >= 4 is 0 Å². The van der Waals surface area contributed by atoms with Gasteiger partial charge in [-0.3, -0.25) is 0 Å². The molecule has 1 aliphatic rings. The summed E-state index contributed by atoms with van der Waals surface area (Å²) in [5.41, 5.74) is 10.3. The summed E-state index contributed by atoms with van der Waals surface area (Å²) in [4.78, 5) is 0. The zero-order chi connectivity index (χ0) is 30.8. The van der Waals surface area contributed by atoms with Crippen LogP contribution in [0.3, 0.4) is 0 Å². The van der Waals surface area contributed by atoms with Crippen molar-refractivity contribution in [2.24, 2.45) is 5.41 Å². The highest BCUT2D eigenvalue weighted by atomic mass is 16.3. The lowest BCUT2D eigenvalue weighted by atomic mass is 9.71. The molecule has 0 spiro atoms. The molecular formula is C40H56O. The highest BCUT2D eigenvalue weighted by Crippen LogP contribution is 2.41. The van der Waals surface area contributed by atoms with Crippen LogP contribution in [0.15, 0.2) is 142 Å². The van der Waals surface area contributed by atoms with Gasteiger partial charge < -0.3 is 5.11 Å². The van der Waals surface area contributed by atoms with Crippen LogP contribution in [0, 0.1) is 5.41 Å². The summed E-state index contributed by atoms with van der Waals surface area (Å²) < 4.78 is 0. The first-order chi connectivity index (χ1) is 19.3. The van der Waals surface area contributed by atoms with Crippen LogP contribution in [-0.4, -0.2) is 11.2 Å². The lowest BCUT2D eigenvalue weighted by molar-refractivity contribution is 0.116. The Hall–Kier alpha value is -3.16. The number of hydrogen-bond donors (Lipinski definition) is 1. The van der Waals surface area contributed by atoms with Crippen LogP contribution in [0.1, 0.15) is 94.9 Å². The zero-order valence-corrected chi connectivity index (χ0v) is 27.6. The second-order valence-electron chi connectivity index (χ2n) is 12.4. The molecule has 0 fully saturated rings. The molecule has 222 valence electrons. The van der Waals surface area contributed by atoms with Crippen molar-refractivity contribution in [1.82, 2.24) is 0 Å². The summed E-state index contributed by atoms with van der Waals surface area (Å²) in [5.74, 6) is 0. The molecule has 0 unspecified atom stereocenters. The summed E-state index contributed by atoms with van der Waals surface area (Å²) in [7, 11) is 0. The van der Waals surface area contributed by atoms with Gasteiger partial charge >= 0.3 is 0 Å². The summed E-state index contributed by atoms with van der Waals surface area (Å²) in [5, 5.41) is 10.1. The monoisotopic (exact) mass is 552 g/mol. The van der Waals surface area contributed by atoms with E-state index in [2.05, 4.69) is 166 Å². The van der Waals surface area contributed by atoms with Crippen molar-refractivity contribution in [2.45, 2.75) is 101 Å². The number of rotatable bonds is 13. The quantitative estimate of drug-likeness (QED) is 0.178. The third kappa shape index (κ3) is 16.6. The smallest absolute Gasteiger partial charge is 0.0585 e. The van der Waals surface area contributed by atoms with E-state index in [4.69, 9.17) is 0 Å². The predicted octanol–water partition coefficient (Wildman–Crippen LogP) is 11.7. The fraction of sp³-hybridized carbons (Fsp3) is 0.400. The minimum atomic E-state index is -0.222. The molecule has 0 aliphatic heterocycles. The van der Waals surface area contributed by atoms with E-state index >= 15 is 0 Å². The van der Waals surface area contributed by atoms with Crippen molar-refractivity contribution in [3.63, 3.8) is 0 Å². The van der Waals surface area contributed by atoms with Crippen molar-refractivity contribution in [3.05, 3.63) is 142 Å². The molecule has 0 aromatic rings. The molecule has 41 heavy (non-hydrogen) atoms. The van der Waals surface area contributed by atoms with E-state index in [-0.39, 0.29) is 11.5 Å². The normalized spacial score (nSPS) is 20.2. The average Bonchev–Trinajstić information content (AvgIpc) is 2.85. The van der Waals surface area contributed by atoms with E-state index in [9.17, 15) is 5.11 Å². The first kappa shape index (κ1) is 35.9. The molecule has 1 aliphatic carbocycles. The maximum atomic E-state index is 10.1. The van der Waals surface area contributed by atoms with E-state index in [0.29, 0.717) is 0 Å². The summed E-state index contributed by atoms with van der Waals surface area (Å²) in [6.07, 6.45) is 38.0. The minimum absolute atomic E-state index is 0.0115. The first-order valence-corrected chi connectivity index (χ1v) is 15.1. The van der Waals surface area contributed by atoms with E-state index in [1.165, 1.54) is 44.6 Å². The number of aliphatic hydroxyl groups is 1. The van der Waals surface area contributed by atoms with Crippen LogP contribution in [0.2, 0.25) is 0 Å². The Labute approximate surface area is 252 Å².